The third-order valence-electron chi connectivity index (χ3n) is 7.51. The Balaban J connectivity index is 1.56. The second-order valence-electron chi connectivity index (χ2n) is 9.41. The summed E-state index contributed by atoms with van der Waals surface area (Å²) in [7, 11) is 0. The molecule has 1 heterocycles. The summed E-state index contributed by atoms with van der Waals surface area (Å²) in [5.41, 5.74) is 1.55. The maximum absolute atomic E-state index is 13.7. The van der Waals surface area contributed by atoms with Crippen molar-refractivity contribution in [2.45, 2.75) is 39.2 Å². The molecule has 170 valence electrons. The molecule has 5 rings (SSSR count). The van der Waals surface area contributed by atoms with Crippen LogP contribution in [0.1, 0.15) is 52.5 Å². The van der Waals surface area contributed by atoms with Gasteiger partial charge >= 0.3 is 0 Å². The molecular formula is C26H25ClN2O4. The first kappa shape index (κ1) is 21.8. The van der Waals surface area contributed by atoms with Crippen molar-refractivity contribution < 1.29 is 19.2 Å². The van der Waals surface area contributed by atoms with Gasteiger partial charge in [-0.25, -0.2) is 5.01 Å². The van der Waals surface area contributed by atoms with Gasteiger partial charge in [0.05, 0.1) is 22.4 Å². The smallest absolute Gasteiger partial charge is 0.275 e. The number of rotatable bonds is 5. The number of ketones is 1. The summed E-state index contributed by atoms with van der Waals surface area (Å²) in [6.45, 7) is 3.47. The number of hydrogen-bond donors (Lipinski definition) is 0. The number of benzene rings is 2. The lowest BCUT2D eigenvalue weighted by molar-refractivity contribution is -0.157. The lowest BCUT2D eigenvalue weighted by Gasteiger charge is -2.35. The molecule has 1 aliphatic heterocycles. The van der Waals surface area contributed by atoms with E-state index in [1.807, 2.05) is 19.1 Å². The van der Waals surface area contributed by atoms with Gasteiger partial charge in [0.1, 0.15) is 6.04 Å². The molecule has 0 N–H and O–H groups in total. The fraction of sp³-hybridized carbons (Fsp3) is 0.385. The van der Waals surface area contributed by atoms with Gasteiger partial charge in [0.2, 0.25) is 0 Å². The molecule has 2 saturated carbocycles. The van der Waals surface area contributed by atoms with Crippen LogP contribution in [0.5, 0.6) is 0 Å². The molecule has 3 amide bonds. The van der Waals surface area contributed by atoms with E-state index in [0.29, 0.717) is 5.56 Å². The summed E-state index contributed by atoms with van der Waals surface area (Å²) in [5.74, 6) is -2.21. The molecule has 0 spiro atoms. The van der Waals surface area contributed by atoms with Crippen LogP contribution in [0.3, 0.4) is 0 Å². The topological polar surface area (TPSA) is 74.8 Å². The SMILES string of the molecule is Cc1ccc(C(=O)[C@@H](C)N(C(=O)c2ccccc2Cl)N2C(=O)[C@@H]3[C@H]4CC[C@@H](C4)[C@@H]3C2=O)cc1. The highest BCUT2D eigenvalue weighted by Crippen LogP contribution is 2.56. The van der Waals surface area contributed by atoms with Gasteiger partial charge in [0.25, 0.3) is 17.7 Å². The number of halogens is 1. The Labute approximate surface area is 197 Å². The Morgan fingerprint density at radius 2 is 1.55 bits per heavy atom. The van der Waals surface area contributed by atoms with Crippen molar-refractivity contribution >= 4 is 35.1 Å². The molecule has 33 heavy (non-hydrogen) atoms. The number of carbonyl (C=O) groups excluding carboxylic acids is 4. The summed E-state index contributed by atoms with van der Waals surface area (Å²) in [5, 5.41) is 2.20. The van der Waals surface area contributed by atoms with Gasteiger partial charge in [-0.2, -0.15) is 5.01 Å². The molecule has 5 atom stereocenters. The molecule has 2 aliphatic carbocycles. The van der Waals surface area contributed by atoms with Crippen molar-refractivity contribution in [3.63, 3.8) is 0 Å². The molecule has 3 fully saturated rings. The number of hydrogen-bond acceptors (Lipinski definition) is 4. The van der Waals surface area contributed by atoms with Crippen LogP contribution in [0.4, 0.5) is 0 Å². The lowest BCUT2D eigenvalue weighted by Crippen LogP contribution is -2.57. The molecule has 1 saturated heterocycles. The molecule has 7 heteroatoms. The first-order valence-electron chi connectivity index (χ1n) is 11.4. The van der Waals surface area contributed by atoms with Crippen molar-refractivity contribution in [2.24, 2.45) is 23.7 Å². The largest absolute Gasteiger partial charge is 0.292 e. The second kappa shape index (κ2) is 8.10. The van der Waals surface area contributed by atoms with Gasteiger partial charge in [0, 0.05) is 5.56 Å². The Bertz CT molecular complexity index is 1130. The highest BCUT2D eigenvalue weighted by molar-refractivity contribution is 6.34. The average Bonchev–Trinajstić information content (AvgIpc) is 3.49. The minimum Gasteiger partial charge on any atom is -0.292 e. The minimum absolute atomic E-state index is 0.142. The van der Waals surface area contributed by atoms with Crippen LogP contribution in [-0.2, 0) is 9.59 Å². The van der Waals surface area contributed by atoms with Crippen LogP contribution in [0, 0.1) is 30.6 Å². The average molecular weight is 465 g/mol. The standard InChI is InChI=1S/C26H25ClN2O4/c1-14-7-9-16(10-8-14)23(30)15(2)28(24(31)19-5-3-4-6-20(19)27)29-25(32)21-17-11-12-18(13-17)22(21)26(29)33/h3-10,15,17-18,21-22H,11-13H2,1-2H3/t15-,17+,18+,21-,22+/m1/s1. The zero-order valence-electron chi connectivity index (χ0n) is 18.5. The molecule has 6 nitrogen and oxygen atoms in total. The van der Waals surface area contributed by atoms with E-state index < -0.39 is 23.8 Å². The first-order valence-corrected chi connectivity index (χ1v) is 11.7. The van der Waals surface area contributed by atoms with E-state index >= 15 is 0 Å². The number of Topliss-reactive ketones (excluding diaryl/α,β-unsaturated/α-hetero) is 1. The zero-order valence-corrected chi connectivity index (χ0v) is 19.3. The highest BCUT2D eigenvalue weighted by Gasteiger charge is 2.63. The van der Waals surface area contributed by atoms with Crippen LogP contribution in [0.15, 0.2) is 48.5 Å². The third-order valence-corrected chi connectivity index (χ3v) is 7.84. The number of carbonyl (C=O) groups is 4. The van der Waals surface area contributed by atoms with Gasteiger partial charge in [-0.1, -0.05) is 53.6 Å². The van der Waals surface area contributed by atoms with E-state index in [4.69, 9.17) is 11.6 Å². The van der Waals surface area contributed by atoms with Crippen molar-refractivity contribution in [1.29, 1.82) is 0 Å². The van der Waals surface area contributed by atoms with Crippen LogP contribution < -0.4 is 0 Å². The van der Waals surface area contributed by atoms with E-state index in [2.05, 4.69) is 0 Å². The fourth-order valence-corrected chi connectivity index (χ4v) is 6.09. The Morgan fingerprint density at radius 3 is 2.12 bits per heavy atom. The monoisotopic (exact) mass is 464 g/mol. The Kier molecular flexibility index (Phi) is 5.36. The molecule has 0 radical (unpaired) electrons. The molecule has 0 aromatic heterocycles. The van der Waals surface area contributed by atoms with E-state index in [1.165, 1.54) is 6.07 Å². The Hall–Kier alpha value is -2.99. The summed E-state index contributed by atoms with van der Waals surface area (Å²) < 4.78 is 0. The van der Waals surface area contributed by atoms with Gasteiger partial charge < -0.3 is 0 Å². The predicted molar refractivity (Wildman–Crippen MR) is 122 cm³/mol. The first-order chi connectivity index (χ1) is 15.8. The maximum Gasteiger partial charge on any atom is 0.275 e. The van der Waals surface area contributed by atoms with Gasteiger partial charge in [-0.05, 0) is 57.1 Å². The number of hydrazine groups is 1. The van der Waals surface area contributed by atoms with Gasteiger partial charge in [-0.3, -0.25) is 19.2 Å². The zero-order chi connectivity index (χ0) is 23.4. The number of imide groups is 1. The lowest BCUT2D eigenvalue weighted by atomic mass is 9.81. The molecule has 2 bridgehead atoms. The summed E-state index contributed by atoms with van der Waals surface area (Å²) in [6.07, 6.45) is 2.74. The predicted octanol–water partition coefficient (Wildman–Crippen LogP) is 4.31. The van der Waals surface area contributed by atoms with Crippen molar-refractivity contribution in [3.8, 4) is 0 Å². The third kappa shape index (κ3) is 3.39. The van der Waals surface area contributed by atoms with Crippen molar-refractivity contribution in [2.75, 3.05) is 0 Å². The normalized spacial score (nSPS) is 26.5. The van der Waals surface area contributed by atoms with Crippen LogP contribution >= 0.6 is 11.6 Å². The quantitative estimate of drug-likeness (QED) is 0.488. The van der Waals surface area contributed by atoms with Crippen molar-refractivity contribution in [3.05, 3.63) is 70.2 Å². The summed E-state index contributed by atoms with van der Waals surface area (Å²) in [4.78, 5) is 54.2. The maximum atomic E-state index is 13.7. The van der Waals surface area contributed by atoms with Crippen molar-refractivity contribution in [1.82, 2.24) is 10.0 Å². The number of amides is 3. The highest BCUT2D eigenvalue weighted by atomic mass is 35.5. The molecule has 3 aliphatic rings. The number of nitrogens with zero attached hydrogens (tertiary/aromatic N) is 2. The van der Waals surface area contributed by atoms with E-state index in [9.17, 15) is 19.2 Å². The van der Waals surface area contributed by atoms with Crippen LogP contribution in [-0.4, -0.2) is 39.6 Å². The van der Waals surface area contributed by atoms with Crippen LogP contribution in [0.25, 0.3) is 0 Å². The van der Waals surface area contributed by atoms with Gasteiger partial charge in [-0.15, -0.1) is 0 Å². The number of aryl methyl sites for hydroxylation is 1. The summed E-state index contributed by atoms with van der Waals surface area (Å²) in [6, 6.07) is 12.4. The number of fused-ring (bicyclic) bond motifs is 5. The molecule has 0 unspecified atom stereocenters. The second-order valence-corrected chi connectivity index (χ2v) is 9.82. The fourth-order valence-electron chi connectivity index (χ4n) is 5.87. The summed E-state index contributed by atoms with van der Waals surface area (Å²) >= 11 is 6.29. The van der Waals surface area contributed by atoms with E-state index in [-0.39, 0.29) is 40.0 Å². The molecule has 2 aromatic rings. The van der Waals surface area contributed by atoms with Crippen LogP contribution in [0.2, 0.25) is 5.02 Å². The molecular weight excluding hydrogens is 440 g/mol. The van der Waals surface area contributed by atoms with E-state index in [0.717, 1.165) is 34.8 Å². The Morgan fingerprint density at radius 1 is 0.970 bits per heavy atom. The van der Waals surface area contributed by atoms with E-state index in [1.54, 1.807) is 37.3 Å². The molecule has 2 aromatic carbocycles. The van der Waals surface area contributed by atoms with Gasteiger partial charge in [0.15, 0.2) is 5.78 Å². The minimum atomic E-state index is -1.07.